The van der Waals surface area contributed by atoms with Gasteiger partial charge in [-0.1, -0.05) is 35.9 Å². The molecule has 0 fully saturated rings. The van der Waals surface area contributed by atoms with Crippen molar-refractivity contribution in [3.05, 3.63) is 83.0 Å². The largest absolute Gasteiger partial charge is 0.492 e. The smallest absolute Gasteiger partial charge is 0.261 e. The summed E-state index contributed by atoms with van der Waals surface area (Å²) < 4.78 is 33.6. The van der Waals surface area contributed by atoms with Gasteiger partial charge in [0.15, 0.2) is 0 Å². The Labute approximate surface area is 203 Å². The minimum absolute atomic E-state index is 0.189. The van der Waals surface area contributed by atoms with Crippen LogP contribution in [0.3, 0.4) is 0 Å². The van der Waals surface area contributed by atoms with Crippen molar-refractivity contribution in [3.63, 3.8) is 0 Å². The van der Waals surface area contributed by atoms with E-state index in [4.69, 9.17) is 16.3 Å². The van der Waals surface area contributed by atoms with E-state index in [9.17, 15) is 13.5 Å². The summed E-state index contributed by atoms with van der Waals surface area (Å²) in [6.07, 6.45) is -0.814. The molecular weight excluding hydrogens is 476 g/mol. The van der Waals surface area contributed by atoms with E-state index in [0.717, 1.165) is 16.5 Å². The van der Waals surface area contributed by atoms with Crippen molar-refractivity contribution in [3.8, 4) is 5.75 Å². The number of aliphatic hydroxyl groups excluding tert-OH is 1. The number of ether oxygens (including phenoxy) is 1. The average Bonchev–Trinajstić information content (AvgIpc) is 3.18. The molecule has 178 valence electrons. The van der Waals surface area contributed by atoms with E-state index in [0.29, 0.717) is 35.3 Å². The van der Waals surface area contributed by atoms with Crippen LogP contribution in [-0.4, -0.2) is 43.4 Å². The number of anilines is 1. The van der Waals surface area contributed by atoms with E-state index in [1.54, 1.807) is 48.5 Å². The third kappa shape index (κ3) is 5.87. The number of hydrogen-bond acceptors (Lipinski definition) is 6. The standard InChI is InChI=1S/C24H25ClN4O4S/c1-16-4-2-7-20(12-16)34(31,32)29-18-6-3-5-17(13-18)23(30)15-26-10-11-33-19-8-9-21-22(14-19)27-28-24(21)25/h2-9,12-14,23,26,29-30H,10-11,15H2,1H3,(H,27,28). The fourth-order valence-electron chi connectivity index (χ4n) is 3.45. The van der Waals surface area contributed by atoms with Crippen LogP contribution in [0.5, 0.6) is 5.75 Å². The van der Waals surface area contributed by atoms with Crippen LogP contribution < -0.4 is 14.8 Å². The minimum Gasteiger partial charge on any atom is -0.492 e. The highest BCUT2D eigenvalue weighted by Crippen LogP contribution is 2.24. The Hall–Kier alpha value is -3.11. The number of aromatic nitrogens is 2. The average molecular weight is 501 g/mol. The van der Waals surface area contributed by atoms with Gasteiger partial charge in [-0.15, -0.1) is 0 Å². The Bertz CT molecular complexity index is 1390. The molecule has 1 atom stereocenters. The van der Waals surface area contributed by atoms with Crippen molar-refractivity contribution >= 4 is 38.2 Å². The van der Waals surface area contributed by atoms with Crippen LogP contribution in [0, 0.1) is 6.92 Å². The summed E-state index contributed by atoms with van der Waals surface area (Å²) in [6, 6.07) is 18.9. The maximum Gasteiger partial charge on any atom is 0.261 e. The summed E-state index contributed by atoms with van der Waals surface area (Å²) in [5, 5.41) is 21.8. The zero-order valence-electron chi connectivity index (χ0n) is 18.5. The third-order valence-electron chi connectivity index (χ3n) is 5.19. The number of benzene rings is 3. The second kappa shape index (κ2) is 10.4. The van der Waals surface area contributed by atoms with E-state index < -0.39 is 16.1 Å². The van der Waals surface area contributed by atoms with Crippen LogP contribution >= 0.6 is 11.6 Å². The molecule has 0 aliphatic rings. The number of aliphatic hydroxyl groups is 1. The van der Waals surface area contributed by atoms with Gasteiger partial charge in [0.1, 0.15) is 17.5 Å². The first-order valence-corrected chi connectivity index (χ1v) is 12.5. The molecule has 0 spiro atoms. The van der Waals surface area contributed by atoms with Crippen LogP contribution in [0.4, 0.5) is 5.69 Å². The molecule has 1 heterocycles. The number of nitrogens with one attached hydrogen (secondary N) is 3. The molecule has 0 saturated heterocycles. The summed E-state index contributed by atoms with van der Waals surface area (Å²) in [6.45, 7) is 3.02. The van der Waals surface area contributed by atoms with Gasteiger partial charge in [-0.2, -0.15) is 5.10 Å². The van der Waals surface area contributed by atoms with Gasteiger partial charge in [-0.25, -0.2) is 8.42 Å². The highest BCUT2D eigenvalue weighted by Gasteiger charge is 2.15. The van der Waals surface area contributed by atoms with Crippen molar-refractivity contribution in [2.24, 2.45) is 0 Å². The van der Waals surface area contributed by atoms with Gasteiger partial charge in [0.25, 0.3) is 10.0 Å². The molecule has 0 aliphatic carbocycles. The lowest BCUT2D eigenvalue weighted by Crippen LogP contribution is -2.26. The zero-order chi connectivity index (χ0) is 24.1. The van der Waals surface area contributed by atoms with Crippen LogP contribution in [0.25, 0.3) is 10.9 Å². The summed E-state index contributed by atoms with van der Waals surface area (Å²) in [4.78, 5) is 0.189. The number of fused-ring (bicyclic) bond motifs is 1. The summed E-state index contributed by atoms with van der Waals surface area (Å²) in [5.41, 5.74) is 2.56. The fraction of sp³-hybridized carbons (Fsp3) is 0.208. The van der Waals surface area contributed by atoms with Gasteiger partial charge in [0.05, 0.1) is 16.5 Å². The zero-order valence-corrected chi connectivity index (χ0v) is 20.0. The first kappa shape index (κ1) is 24.0. The first-order chi connectivity index (χ1) is 16.3. The lowest BCUT2D eigenvalue weighted by molar-refractivity contribution is 0.172. The molecular formula is C24H25ClN4O4S. The van der Waals surface area contributed by atoms with E-state index >= 15 is 0 Å². The van der Waals surface area contributed by atoms with E-state index in [2.05, 4.69) is 20.2 Å². The normalized spacial score (nSPS) is 12.6. The topological polar surface area (TPSA) is 116 Å². The SMILES string of the molecule is Cc1cccc(S(=O)(=O)Nc2cccc(C(O)CNCCOc3ccc4c(Cl)[nH]nc4c3)c2)c1. The number of rotatable bonds is 10. The summed E-state index contributed by atoms with van der Waals surface area (Å²) in [7, 11) is -3.72. The van der Waals surface area contributed by atoms with Crippen molar-refractivity contribution in [2.75, 3.05) is 24.4 Å². The molecule has 1 aromatic heterocycles. The summed E-state index contributed by atoms with van der Waals surface area (Å²) in [5.74, 6) is 0.673. The monoisotopic (exact) mass is 500 g/mol. The molecule has 0 amide bonds. The minimum atomic E-state index is -3.72. The summed E-state index contributed by atoms with van der Waals surface area (Å²) >= 11 is 6.00. The number of aromatic amines is 1. The highest BCUT2D eigenvalue weighted by atomic mass is 35.5. The Balaban J connectivity index is 1.27. The molecule has 0 radical (unpaired) electrons. The van der Waals surface area contributed by atoms with Crippen LogP contribution in [0.15, 0.2) is 71.6 Å². The Morgan fingerprint density at radius 2 is 1.94 bits per heavy atom. The lowest BCUT2D eigenvalue weighted by atomic mass is 10.1. The van der Waals surface area contributed by atoms with Crippen molar-refractivity contribution in [1.29, 1.82) is 0 Å². The Morgan fingerprint density at radius 1 is 1.12 bits per heavy atom. The Kier molecular flexibility index (Phi) is 7.38. The third-order valence-corrected chi connectivity index (χ3v) is 6.86. The predicted octanol–water partition coefficient (Wildman–Crippen LogP) is 4.03. The fourth-order valence-corrected chi connectivity index (χ4v) is 4.81. The maximum absolute atomic E-state index is 12.7. The number of nitrogens with zero attached hydrogens (tertiary/aromatic N) is 1. The van der Waals surface area contributed by atoms with Gasteiger partial charge >= 0.3 is 0 Å². The number of hydrogen-bond donors (Lipinski definition) is 4. The molecule has 0 bridgehead atoms. The first-order valence-electron chi connectivity index (χ1n) is 10.7. The maximum atomic E-state index is 12.7. The quantitative estimate of drug-likeness (QED) is 0.244. The number of aryl methyl sites for hydroxylation is 1. The van der Waals surface area contributed by atoms with Crippen molar-refractivity contribution in [2.45, 2.75) is 17.9 Å². The molecule has 4 rings (SSSR count). The van der Waals surface area contributed by atoms with Gasteiger partial charge in [-0.05, 0) is 54.4 Å². The molecule has 10 heteroatoms. The molecule has 34 heavy (non-hydrogen) atoms. The second-order valence-electron chi connectivity index (χ2n) is 7.83. The van der Waals surface area contributed by atoms with Gasteiger partial charge in [0.2, 0.25) is 0 Å². The molecule has 1 unspecified atom stereocenters. The highest BCUT2D eigenvalue weighted by molar-refractivity contribution is 7.92. The van der Waals surface area contributed by atoms with Crippen molar-refractivity contribution in [1.82, 2.24) is 15.5 Å². The molecule has 4 N–H and O–H groups in total. The molecule has 3 aromatic carbocycles. The van der Waals surface area contributed by atoms with Gasteiger partial charge < -0.3 is 15.2 Å². The number of halogens is 1. The van der Waals surface area contributed by atoms with E-state index in [1.807, 2.05) is 25.1 Å². The number of H-pyrrole nitrogens is 1. The molecule has 4 aromatic rings. The predicted molar refractivity (Wildman–Crippen MR) is 133 cm³/mol. The molecule has 0 saturated carbocycles. The van der Waals surface area contributed by atoms with Crippen LogP contribution in [-0.2, 0) is 10.0 Å². The second-order valence-corrected chi connectivity index (χ2v) is 9.89. The van der Waals surface area contributed by atoms with Crippen LogP contribution in [0.2, 0.25) is 5.15 Å². The number of sulfonamides is 1. The molecule has 8 nitrogen and oxygen atoms in total. The lowest BCUT2D eigenvalue weighted by Gasteiger charge is -2.15. The van der Waals surface area contributed by atoms with Crippen LogP contribution in [0.1, 0.15) is 17.2 Å². The van der Waals surface area contributed by atoms with E-state index in [1.165, 1.54) is 0 Å². The van der Waals surface area contributed by atoms with Gasteiger partial charge in [-0.3, -0.25) is 9.82 Å². The van der Waals surface area contributed by atoms with Gasteiger partial charge in [0, 0.05) is 30.2 Å². The van der Waals surface area contributed by atoms with E-state index in [-0.39, 0.29) is 11.4 Å². The Morgan fingerprint density at radius 3 is 2.76 bits per heavy atom. The molecule has 0 aliphatic heterocycles. The van der Waals surface area contributed by atoms with Crippen molar-refractivity contribution < 1.29 is 18.3 Å².